The van der Waals surface area contributed by atoms with Crippen molar-refractivity contribution >= 4 is 57.7 Å². The van der Waals surface area contributed by atoms with Gasteiger partial charge in [-0.1, -0.05) is 54.6 Å². The van der Waals surface area contributed by atoms with Crippen LogP contribution in [0.1, 0.15) is 16.5 Å². The smallest absolute Gasteiger partial charge is 0.0709 e. The summed E-state index contributed by atoms with van der Waals surface area (Å²) in [6, 6.07) is 24.8. The van der Waals surface area contributed by atoms with Crippen LogP contribution < -0.4 is 5.32 Å². The van der Waals surface area contributed by atoms with E-state index < -0.39 is 0 Å². The van der Waals surface area contributed by atoms with Gasteiger partial charge in [-0.3, -0.25) is 4.90 Å². The van der Waals surface area contributed by atoms with Crippen molar-refractivity contribution in [1.29, 1.82) is 0 Å². The Hall–Kier alpha value is -1.62. The van der Waals surface area contributed by atoms with E-state index in [4.69, 9.17) is 0 Å². The van der Waals surface area contributed by atoms with Gasteiger partial charge in [0.05, 0.1) is 6.04 Å². The first-order chi connectivity index (χ1) is 12.9. The van der Waals surface area contributed by atoms with Crippen LogP contribution in [0, 0.1) is 0 Å². The Bertz CT molecular complexity index is 989. The second-order valence-electron chi connectivity index (χ2n) is 6.94. The van der Waals surface area contributed by atoms with Crippen molar-refractivity contribution in [2.75, 3.05) is 26.2 Å². The molecule has 0 radical (unpaired) electrons. The first-order valence-corrected chi connectivity index (χ1v) is 10.2. The molecule has 3 aromatic carbocycles. The third kappa shape index (κ3) is 3.78. The van der Waals surface area contributed by atoms with Crippen LogP contribution in [0.2, 0.25) is 0 Å². The molecule has 1 aliphatic rings. The Morgan fingerprint density at radius 3 is 1.96 bits per heavy atom. The lowest BCUT2D eigenvalue weighted by molar-refractivity contribution is 0.202. The average Bonchev–Trinajstić information content (AvgIpc) is 3.23. The minimum atomic E-state index is 0. The zero-order valence-corrected chi connectivity index (χ0v) is 18.0. The molecular formula is C23H24Cl2N2S. The topological polar surface area (TPSA) is 15.3 Å². The molecular weight excluding hydrogens is 407 g/mol. The van der Waals surface area contributed by atoms with Gasteiger partial charge in [0.1, 0.15) is 0 Å². The first-order valence-electron chi connectivity index (χ1n) is 9.30. The Morgan fingerprint density at radius 2 is 1.39 bits per heavy atom. The van der Waals surface area contributed by atoms with Gasteiger partial charge >= 0.3 is 0 Å². The zero-order chi connectivity index (χ0) is 17.3. The van der Waals surface area contributed by atoms with Crippen LogP contribution in [0.5, 0.6) is 0 Å². The fourth-order valence-corrected chi connectivity index (χ4v) is 5.10. The quantitative estimate of drug-likeness (QED) is 0.407. The maximum atomic E-state index is 3.50. The van der Waals surface area contributed by atoms with Crippen LogP contribution in [0.25, 0.3) is 21.5 Å². The molecule has 0 unspecified atom stereocenters. The van der Waals surface area contributed by atoms with Gasteiger partial charge in [0.25, 0.3) is 0 Å². The summed E-state index contributed by atoms with van der Waals surface area (Å²) in [7, 11) is 0. The summed E-state index contributed by atoms with van der Waals surface area (Å²) in [5.74, 6) is 0. The highest BCUT2D eigenvalue weighted by atomic mass is 35.5. The molecule has 146 valence electrons. The molecule has 1 aromatic heterocycles. The zero-order valence-electron chi connectivity index (χ0n) is 15.5. The highest BCUT2D eigenvalue weighted by Gasteiger charge is 2.27. The highest BCUT2D eigenvalue weighted by Crippen LogP contribution is 2.40. The maximum Gasteiger partial charge on any atom is 0.0709 e. The van der Waals surface area contributed by atoms with E-state index >= 15 is 0 Å². The molecule has 5 rings (SSSR count). The molecule has 1 saturated heterocycles. The molecule has 0 aliphatic carbocycles. The number of benzene rings is 3. The lowest BCUT2D eigenvalue weighted by atomic mass is 9.90. The molecule has 28 heavy (non-hydrogen) atoms. The minimum Gasteiger partial charge on any atom is -0.314 e. The van der Waals surface area contributed by atoms with E-state index in [2.05, 4.69) is 82.3 Å². The van der Waals surface area contributed by atoms with Crippen molar-refractivity contribution in [2.45, 2.75) is 6.04 Å². The van der Waals surface area contributed by atoms with Crippen LogP contribution in [-0.4, -0.2) is 31.1 Å². The normalized spacial score (nSPS) is 15.7. The van der Waals surface area contributed by atoms with Gasteiger partial charge in [0.2, 0.25) is 0 Å². The van der Waals surface area contributed by atoms with Gasteiger partial charge in [-0.05, 0) is 44.6 Å². The van der Waals surface area contributed by atoms with Crippen LogP contribution in [-0.2, 0) is 0 Å². The van der Waals surface area contributed by atoms with Crippen molar-refractivity contribution in [3.63, 3.8) is 0 Å². The van der Waals surface area contributed by atoms with Crippen LogP contribution in [0.3, 0.4) is 0 Å². The third-order valence-corrected chi connectivity index (χ3v) is 6.34. The molecule has 0 saturated carbocycles. The predicted molar refractivity (Wildman–Crippen MR) is 127 cm³/mol. The molecule has 0 bridgehead atoms. The van der Waals surface area contributed by atoms with Gasteiger partial charge in [0, 0.05) is 31.1 Å². The van der Waals surface area contributed by atoms with Crippen molar-refractivity contribution in [1.82, 2.24) is 10.2 Å². The number of nitrogens with zero attached hydrogens (tertiary/aromatic N) is 1. The lowest BCUT2D eigenvalue weighted by Gasteiger charge is -2.36. The summed E-state index contributed by atoms with van der Waals surface area (Å²) >= 11 is 1.87. The van der Waals surface area contributed by atoms with E-state index in [9.17, 15) is 0 Å². The van der Waals surface area contributed by atoms with Gasteiger partial charge < -0.3 is 5.32 Å². The van der Waals surface area contributed by atoms with E-state index in [1.165, 1.54) is 32.0 Å². The van der Waals surface area contributed by atoms with Gasteiger partial charge in [-0.2, -0.15) is 0 Å². The summed E-state index contributed by atoms with van der Waals surface area (Å²) in [5.41, 5.74) is 1.46. The van der Waals surface area contributed by atoms with Crippen LogP contribution in [0.15, 0.2) is 72.1 Å². The number of piperazine rings is 1. The van der Waals surface area contributed by atoms with E-state index in [1.54, 1.807) is 0 Å². The second kappa shape index (κ2) is 9.25. The van der Waals surface area contributed by atoms with E-state index in [0.29, 0.717) is 6.04 Å². The fourth-order valence-electron chi connectivity index (χ4n) is 4.24. The van der Waals surface area contributed by atoms with E-state index in [-0.39, 0.29) is 24.8 Å². The van der Waals surface area contributed by atoms with Crippen molar-refractivity contribution < 1.29 is 0 Å². The summed E-state index contributed by atoms with van der Waals surface area (Å²) in [5, 5.41) is 11.1. The molecule has 2 heterocycles. The van der Waals surface area contributed by atoms with Crippen LogP contribution in [0.4, 0.5) is 0 Å². The summed E-state index contributed by atoms with van der Waals surface area (Å²) in [6.45, 7) is 4.29. The molecule has 2 nitrogen and oxygen atoms in total. The largest absolute Gasteiger partial charge is 0.314 e. The Balaban J connectivity index is 0.00000112. The molecule has 1 atom stereocenters. The number of hydrogen-bond acceptors (Lipinski definition) is 3. The summed E-state index contributed by atoms with van der Waals surface area (Å²) < 4.78 is 0. The molecule has 1 fully saturated rings. The minimum absolute atomic E-state index is 0. The number of fused-ring (bicyclic) bond motifs is 2. The molecule has 0 spiro atoms. The molecule has 1 N–H and O–H groups in total. The SMILES string of the molecule is Cl.Cl.c1csc([C@@H](c2c3ccccc3cc3ccccc23)N2CCNCC2)c1. The van der Waals surface area contributed by atoms with E-state index in [1.807, 2.05) is 11.3 Å². The number of halogens is 2. The summed E-state index contributed by atoms with van der Waals surface area (Å²) in [4.78, 5) is 4.09. The summed E-state index contributed by atoms with van der Waals surface area (Å²) in [6.07, 6.45) is 0. The standard InChI is InChI=1S/C23H22N2S.2ClH/c1-3-8-19-17(6-1)16-18-7-2-4-9-20(18)22(19)23(21-10-5-15-26-21)25-13-11-24-12-14-25;;/h1-10,15-16,23-24H,11-14H2;2*1H/t23-;;/m0../s1. The molecule has 4 aromatic rings. The average molecular weight is 431 g/mol. The van der Waals surface area contributed by atoms with Gasteiger partial charge in [-0.25, -0.2) is 0 Å². The molecule has 5 heteroatoms. The van der Waals surface area contributed by atoms with Crippen molar-refractivity contribution in [2.24, 2.45) is 0 Å². The Labute approximate surface area is 182 Å². The van der Waals surface area contributed by atoms with E-state index in [0.717, 1.165) is 26.2 Å². The van der Waals surface area contributed by atoms with Crippen molar-refractivity contribution in [3.8, 4) is 0 Å². The molecule has 1 aliphatic heterocycles. The highest BCUT2D eigenvalue weighted by molar-refractivity contribution is 7.10. The fraction of sp³-hybridized carbons (Fsp3) is 0.217. The van der Waals surface area contributed by atoms with Crippen molar-refractivity contribution in [3.05, 3.63) is 82.6 Å². The maximum absolute atomic E-state index is 3.50. The number of thiophene rings is 1. The van der Waals surface area contributed by atoms with Gasteiger partial charge in [-0.15, -0.1) is 36.2 Å². The molecule has 0 amide bonds. The van der Waals surface area contributed by atoms with Gasteiger partial charge in [0.15, 0.2) is 0 Å². The Morgan fingerprint density at radius 1 is 0.786 bits per heavy atom. The number of hydrogen-bond donors (Lipinski definition) is 1. The lowest BCUT2D eigenvalue weighted by Crippen LogP contribution is -2.45. The predicted octanol–water partition coefficient (Wildman–Crippen LogP) is 5.89. The number of nitrogens with one attached hydrogen (secondary N) is 1. The Kier molecular flexibility index (Phi) is 6.97. The van der Waals surface area contributed by atoms with Crippen LogP contribution >= 0.6 is 36.2 Å². The monoisotopic (exact) mass is 430 g/mol. The third-order valence-electron chi connectivity index (χ3n) is 5.42. The second-order valence-corrected chi connectivity index (χ2v) is 7.92. The number of rotatable bonds is 3. The first kappa shape index (κ1) is 21.1.